The van der Waals surface area contributed by atoms with Gasteiger partial charge in [-0.2, -0.15) is 5.10 Å². The van der Waals surface area contributed by atoms with Crippen molar-refractivity contribution in [2.45, 2.75) is 6.92 Å². The third kappa shape index (κ3) is 2.74. The van der Waals surface area contributed by atoms with Gasteiger partial charge in [-0.15, -0.1) is 0 Å². The van der Waals surface area contributed by atoms with Crippen molar-refractivity contribution in [1.29, 1.82) is 0 Å². The average molecular weight is 234 g/mol. The van der Waals surface area contributed by atoms with Crippen LogP contribution in [0.1, 0.15) is 6.92 Å². The summed E-state index contributed by atoms with van der Waals surface area (Å²) in [5.74, 6) is 0.841. The molecule has 0 saturated heterocycles. The van der Waals surface area contributed by atoms with E-state index in [4.69, 9.17) is 4.74 Å². The number of ether oxygens (including phenoxy) is 1. The van der Waals surface area contributed by atoms with Crippen LogP contribution in [0.15, 0.2) is 25.0 Å². The van der Waals surface area contributed by atoms with Gasteiger partial charge in [-0.3, -0.25) is 5.32 Å². The maximum absolute atomic E-state index is 11.2. The molecule has 0 fully saturated rings. The molecule has 0 aliphatic rings. The summed E-state index contributed by atoms with van der Waals surface area (Å²) in [6.07, 6.45) is 3.64. The molecule has 0 aliphatic heterocycles. The number of anilines is 1. The number of nitrogens with zero attached hydrogens (tertiary/aromatic N) is 5. The Morgan fingerprint density at radius 2 is 2.35 bits per heavy atom. The highest BCUT2D eigenvalue weighted by molar-refractivity contribution is 5.83. The van der Waals surface area contributed by atoms with Crippen LogP contribution in [0.5, 0.6) is 0 Å². The lowest BCUT2D eigenvalue weighted by atomic mass is 10.5. The molecule has 2 aromatic heterocycles. The van der Waals surface area contributed by atoms with E-state index in [9.17, 15) is 4.79 Å². The number of rotatable bonds is 3. The number of carbonyl (C=O) groups excluding carboxylic acids is 1. The second-order valence-corrected chi connectivity index (χ2v) is 2.95. The van der Waals surface area contributed by atoms with Crippen molar-refractivity contribution in [3.05, 3.63) is 25.0 Å². The first-order chi connectivity index (χ1) is 8.29. The van der Waals surface area contributed by atoms with Crippen LogP contribution in [0, 0.1) is 0 Å². The summed E-state index contributed by atoms with van der Waals surface area (Å²) in [7, 11) is 0. The SMILES string of the molecule is CCOC(=O)Nc1cc(-n2cncn2)ncn1. The summed E-state index contributed by atoms with van der Waals surface area (Å²) >= 11 is 0. The third-order valence-electron chi connectivity index (χ3n) is 1.81. The molecule has 0 saturated carbocycles. The van der Waals surface area contributed by atoms with Crippen molar-refractivity contribution < 1.29 is 9.53 Å². The van der Waals surface area contributed by atoms with Crippen LogP contribution >= 0.6 is 0 Å². The minimum Gasteiger partial charge on any atom is -0.450 e. The predicted molar refractivity (Wildman–Crippen MR) is 57.6 cm³/mol. The average Bonchev–Trinajstić information content (AvgIpc) is 2.83. The van der Waals surface area contributed by atoms with E-state index >= 15 is 0 Å². The normalized spacial score (nSPS) is 9.94. The molecule has 0 atom stereocenters. The lowest BCUT2D eigenvalue weighted by Crippen LogP contribution is -2.14. The molecule has 0 spiro atoms. The van der Waals surface area contributed by atoms with Gasteiger partial charge in [-0.1, -0.05) is 0 Å². The Morgan fingerprint density at radius 1 is 1.47 bits per heavy atom. The van der Waals surface area contributed by atoms with Crippen molar-refractivity contribution in [3.8, 4) is 5.82 Å². The van der Waals surface area contributed by atoms with Gasteiger partial charge in [0.1, 0.15) is 24.8 Å². The first-order valence-electron chi connectivity index (χ1n) is 4.90. The standard InChI is InChI=1S/C9H10N6O2/c1-2-17-9(16)14-7-3-8(12-5-11-7)15-6-10-4-13-15/h3-6H,2H2,1H3,(H,11,12,14,16). The fraction of sp³-hybridized carbons (Fsp3) is 0.222. The van der Waals surface area contributed by atoms with E-state index in [-0.39, 0.29) is 0 Å². The van der Waals surface area contributed by atoms with Crippen LogP contribution < -0.4 is 5.32 Å². The summed E-state index contributed by atoms with van der Waals surface area (Å²) in [6.45, 7) is 2.02. The van der Waals surface area contributed by atoms with Crippen LogP contribution in [0.4, 0.5) is 10.6 Å². The first-order valence-corrected chi connectivity index (χ1v) is 4.90. The summed E-state index contributed by atoms with van der Waals surface area (Å²) in [5, 5.41) is 6.39. The Hall–Kier alpha value is -2.51. The van der Waals surface area contributed by atoms with Gasteiger partial charge in [-0.05, 0) is 6.92 Å². The third-order valence-corrected chi connectivity index (χ3v) is 1.81. The molecule has 8 heteroatoms. The molecule has 1 amide bonds. The molecular formula is C9H10N6O2. The molecule has 1 N–H and O–H groups in total. The Bertz CT molecular complexity index is 498. The monoisotopic (exact) mass is 234 g/mol. The summed E-state index contributed by atoms with van der Waals surface area (Å²) < 4.78 is 6.19. The van der Waals surface area contributed by atoms with E-state index in [1.54, 1.807) is 13.0 Å². The van der Waals surface area contributed by atoms with E-state index in [1.165, 1.54) is 23.7 Å². The van der Waals surface area contributed by atoms with E-state index < -0.39 is 6.09 Å². The van der Waals surface area contributed by atoms with Crippen molar-refractivity contribution in [3.63, 3.8) is 0 Å². The van der Waals surface area contributed by atoms with Crippen LogP contribution in [0.25, 0.3) is 5.82 Å². The zero-order valence-electron chi connectivity index (χ0n) is 9.07. The quantitative estimate of drug-likeness (QED) is 0.836. The fourth-order valence-corrected chi connectivity index (χ4v) is 1.14. The molecular weight excluding hydrogens is 224 g/mol. The zero-order chi connectivity index (χ0) is 12.1. The van der Waals surface area contributed by atoms with E-state index in [0.29, 0.717) is 18.2 Å². The van der Waals surface area contributed by atoms with Gasteiger partial charge in [-0.25, -0.2) is 24.4 Å². The molecule has 0 unspecified atom stereocenters. The minimum atomic E-state index is -0.559. The zero-order valence-corrected chi connectivity index (χ0v) is 9.07. The van der Waals surface area contributed by atoms with Crippen molar-refractivity contribution >= 4 is 11.9 Å². The summed E-state index contributed by atoms with van der Waals surface area (Å²) in [4.78, 5) is 22.9. The smallest absolute Gasteiger partial charge is 0.412 e. The lowest BCUT2D eigenvalue weighted by Gasteiger charge is -2.05. The number of carbonyl (C=O) groups is 1. The van der Waals surface area contributed by atoms with Gasteiger partial charge < -0.3 is 4.74 Å². The second-order valence-electron chi connectivity index (χ2n) is 2.95. The van der Waals surface area contributed by atoms with Crippen molar-refractivity contribution in [2.75, 3.05) is 11.9 Å². The maximum Gasteiger partial charge on any atom is 0.412 e. The van der Waals surface area contributed by atoms with Gasteiger partial charge in [0, 0.05) is 6.07 Å². The molecule has 8 nitrogen and oxygen atoms in total. The molecule has 0 aromatic carbocycles. The minimum absolute atomic E-state index is 0.298. The summed E-state index contributed by atoms with van der Waals surface area (Å²) in [5.41, 5.74) is 0. The largest absolute Gasteiger partial charge is 0.450 e. The number of aromatic nitrogens is 5. The topological polar surface area (TPSA) is 94.8 Å². The van der Waals surface area contributed by atoms with Gasteiger partial charge in [0.25, 0.3) is 0 Å². The molecule has 0 aliphatic carbocycles. The lowest BCUT2D eigenvalue weighted by molar-refractivity contribution is 0.168. The Morgan fingerprint density at radius 3 is 3.06 bits per heavy atom. The van der Waals surface area contributed by atoms with Crippen LogP contribution in [0.3, 0.4) is 0 Å². The van der Waals surface area contributed by atoms with Crippen LogP contribution in [0.2, 0.25) is 0 Å². The van der Waals surface area contributed by atoms with E-state index in [2.05, 4.69) is 25.4 Å². The highest BCUT2D eigenvalue weighted by Crippen LogP contribution is 2.07. The number of amides is 1. The molecule has 2 aromatic rings. The van der Waals surface area contributed by atoms with Gasteiger partial charge >= 0.3 is 6.09 Å². The van der Waals surface area contributed by atoms with Crippen molar-refractivity contribution in [1.82, 2.24) is 24.7 Å². The predicted octanol–water partition coefficient (Wildman–Crippen LogP) is 0.626. The summed E-state index contributed by atoms with van der Waals surface area (Å²) in [6, 6.07) is 1.56. The molecule has 0 bridgehead atoms. The number of hydrogen-bond donors (Lipinski definition) is 1. The maximum atomic E-state index is 11.2. The molecule has 0 radical (unpaired) electrons. The molecule has 2 heterocycles. The van der Waals surface area contributed by atoms with Crippen LogP contribution in [-0.4, -0.2) is 37.4 Å². The Kier molecular flexibility index (Phi) is 3.24. The first kappa shape index (κ1) is 11.0. The number of nitrogens with one attached hydrogen (secondary N) is 1. The molecule has 88 valence electrons. The van der Waals surface area contributed by atoms with Gasteiger partial charge in [0.2, 0.25) is 0 Å². The van der Waals surface area contributed by atoms with Crippen LogP contribution in [-0.2, 0) is 4.74 Å². The molecule has 17 heavy (non-hydrogen) atoms. The Labute approximate surface area is 96.7 Å². The Balaban J connectivity index is 2.15. The second kappa shape index (κ2) is 5.01. The highest BCUT2D eigenvalue weighted by Gasteiger charge is 2.05. The molecule has 2 rings (SSSR count). The van der Waals surface area contributed by atoms with Crippen molar-refractivity contribution in [2.24, 2.45) is 0 Å². The van der Waals surface area contributed by atoms with E-state index in [0.717, 1.165) is 0 Å². The number of hydrogen-bond acceptors (Lipinski definition) is 6. The van der Waals surface area contributed by atoms with Gasteiger partial charge in [0.15, 0.2) is 5.82 Å². The van der Waals surface area contributed by atoms with E-state index in [1.807, 2.05) is 0 Å². The fourth-order valence-electron chi connectivity index (χ4n) is 1.14. The highest BCUT2D eigenvalue weighted by atomic mass is 16.5. The van der Waals surface area contributed by atoms with Gasteiger partial charge in [0.05, 0.1) is 6.61 Å².